The first-order valence-electron chi connectivity index (χ1n) is 17.0. The summed E-state index contributed by atoms with van der Waals surface area (Å²) in [5.41, 5.74) is 2.02. The topological polar surface area (TPSA) is 67.9 Å². The highest BCUT2D eigenvalue weighted by Gasteiger charge is 2.40. The monoisotopic (exact) mass is 639 g/mol. The molecule has 3 aliphatic rings. The maximum atomic E-state index is 14.2. The van der Waals surface area contributed by atoms with Crippen molar-refractivity contribution >= 4 is 29.2 Å². The molecular formula is C36H51ClFN5O2. The molecule has 0 aromatic heterocycles. The predicted octanol–water partition coefficient (Wildman–Crippen LogP) is 6.96. The zero-order valence-electron chi connectivity index (χ0n) is 27.2. The Morgan fingerprint density at radius 3 is 2.18 bits per heavy atom. The first-order chi connectivity index (χ1) is 21.7. The van der Waals surface area contributed by atoms with E-state index in [0.29, 0.717) is 30.6 Å². The highest BCUT2D eigenvalue weighted by atomic mass is 35.5. The van der Waals surface area contributed by atoms with Crippen LogP contribution in [-0.2, 0) is 11.2 Å². The van der Waals surface area contributed by atoms with Crippen molar-refractivity contribution in [2.45, 2.75) is 108 Å². The number of hydrogen-bond donors (Lipinski definition) is 2. The molecule has 3 atom stereocenters. The van der Waals surface area contributed by atoms with Gasteiger partial charge in [-0.3, -0.25) is 4.79 Å². The van der Waals surface area contributed by atoms with Crippen LogP contribution in [0.4, 0.5) is 14.9 Å². The Morgan fingerprint density at radius 2 is 1.56 bits per heavy atom. The third-order valence-electron chi connectivity index (χ3n) is 10.1. The second-order valence-electron chi connectivity index (χ2n) is 13.7. The fraction of sp³-hybridized carbons (Fsp3) is 0.611. The number of anilines is 1. The third-order valence-corrected chi connectivity index (χ3v) is 10.4. The van der Waals surface area contributed by atoms with Crippen molar-refractivity contribution in [1.29, 1.82) is 0 Å². The van der Waals surface area contributed by atoms with Gasteiger partial charge < -0.3 is 25.3 Å². The van der Waals surface area contributed by atoms with Crippen LogP contribution in [0.25, 0.3) is 0 Å². The molecule has 2 unspecified atom stereocenters. The summed E-state index contributed by atoms with van der Waals surface area (Å²) in [5, 5.41) is 8.00. The SMILES string of the molecule is CC1CN(C(=O)[C@@H](Cc2ccc(Cl)cc2)NC2CCC(Nc3ccc(F)cc3)CC2)CCC1N(C(=O)N(C)C)C1CCCCC1. The van der Waals surface area contributed by atoms with Gasteiger partial charge in [-0.2, -0.15) is 0 Å². The van der Waals surface area contributed by atoms with Crippen molar-refractivity contribution in [2.24, 2.45) is 5.92 Å². The summed E-state index contributed by atoms with van der Waals surface area (Å²) in [7, 11) is 3.70. The molecule has 1 aliphatic heterocycles. The van der Waals surface area contributed by atoms with Crippen molar-refractivity contribution in [3.63, 3.8) is 0 Å². The number of benzene rings is 2. The highest BCUT2D eigenvalue weighted by molar-refractivity contribution is 6.30. The van der Waals surface area contributed by atoms with Crippen molar-refractivity contribution in [1.82, 2.24) is 20.0 Å². The van der Waals surface area contributed by atoms with Gasteiger partial charge in [-0.05, 0) is 99.2 Å². The maximum absolute atomic E-state index is 14.2. The molecule has 2 N–H and O–H groups in total. The number of carbonyl (C=O) groups is 2. The number of likely N-dealkylation sites (tertiary alicyclic amines) is 1. The lowest BCUT2D eigenvalue weighted by Gasteiger charge is -2.48. The number of urea groups is 1. The molecule has 0 spiro atoms. The Balaban J connectivity index is 1.23. The van der Waals surface area contributed by atoms with Crippen LogP contribution in [0.2, 0.25) is 5.02 Å². The van der Waals surface area contributed by atoms with Crippen molar-refractivity contribution in [3.05, 3.63) is 64.9 Å². The average molecular weight is 640 g/mol. The van der Waals surface area contributed by atoms with Crippen LogP contribution in [0.3, 0.4) is 0 Å². The van der Waals surface area contributed by atoms with Gasteiger partial charge in [0.25, 0.3) is 0 Å². The summed E-state index contributed by atoms with van der Waals surface area (Å²) < 4.78 is 13.3. The van der Waals surface area contributed by atoms with Gasteiger partial charge in [0.2, 0.25) is 5.91 Å². The van der Waals surface area contributed by atoms with E-state index in [1.807, 2.05) is 43.3 Å². The molecule has 2 aromatic carbocycles. The van der Waals surface area contributed by atoms with Crippen molar-refractivity contribution in [2.75, 3.05) is 32.5 Å². The van der Waals surface area contributed by atoms with E-state index in [1.54, 1.807) is 17.0 Å². The number of piperidine rings is 1. The van der Waals surface area contributed by atoms with Gasteiger partial charge in [0.05, 0.1) is 6.04 Å². The van der Waals surface area contributed by atoms with Gasteiger partial charge in [0.1, 0.15) is 5.82 Å². The first kappa shape index (κ1) is 33.5. The Labute approximate surface area is 273 Å². The number of nitrogens with one attached hydrogen (secondary N) is 2. The number of hydrogen-bond acceptors (Lipinski definition) is 4. The molecular weight excluding hydrogens is 589 g/mol. The molecule has 0 radical (unpaired) electrons. The minimum Gasteiger partial charge on any atom is -0.382 e. The maximum Gasteiger partial charge on any atom is 0.319 e. The van der Waals surface area contributed by atoms with Crippen LogP contribution < -0.4 is 10.6 Å². The minimum absolute atomic E-state index is 0.102. The normalized spacial score (nSPS) is 25.0. The van der Waals surface area contributed by atoms with Gasteiger partial charge in [0, 0.05) is 62.1 Å². The van der Waals surface area contributed by atoms with Crippen molar-refractivity contribution in [3.8, 4) is 0 Å². The zero-order valence-corrected chi connectivity index (χ0v) is 27.9. The molecule has 7 nitrogen and oxygen atoms in total. The minimum atomic E-state index is -0.334. The van der Waals surface area contributed by atoms with Crippen LogP contribution in [0.5, 0.6) is 0 Å². The number of nitrogens with zero attached hydrogens (tertiary/aromatic N) is 3. The van der Waals surface area contributed by atoms with Crippen molar-refractivity contribution < 1.29 is 14.0 Å². The predicted molar refractivity (Wildman–Crippen MR) is 180 cm³/mol. The Bertz CT molecular complexity index is 1250. The fourth-order valence-electron chi connectivity index (χ4n) is 7.67. The molecule has 3 fully saturated rings. The van der Waals surface area contributed by atoms with E-state index in [-0.39, 0.29) is 47.8 Å². The van der Waals surface area contributed by atoms with Gasteiger partial charge in [-0.15, -0.1) is 0 Å². The van der Waals surface area contributed by atoms with Gasteiger partial charge in [0.15, 0.2) is 0 Å². The molecule has 45 heavy (non-hydrogen) atoms. The summed E-state index contributed by atoms with van der Waals surface area (Å²) in [6.07, 6.45) is 11.0. The standard InChI is InChI=1S/C36H51ClFN5O2/c1-25-24-42(22-21-34(25)43(36(45)41(2)3)32-7-5-4-6-8-32)35(44)33(23-26-9-11-27(37)12-10-26)40-31-19-17-30(18-20-31)39-29-15-13-28(38)14-16-29/h9-16,25,30-34,39-40H,4-8,17-24H2,1-3H3/t25?,30?,31?,33-,34?/m1/s1. The lowest BCUT2D eigenvalue weighted by atomic mass is 9.87. The Morgan fingerprint density at radius 1 is 0.911 bits per heavy atom. The number of carbonyl (C=O) groups excluding carboxylic acids is 2. The third kappa shape index (κ3) is 8.91. The molecule has 3 amide bonds. The molecule has 246 valence electrons. The molecule has 1 heterocycles. The van der Waals surface area contributed by atoms with Crippen LogP contribution in [0.15, 0.2) is 48.5 Å². The van der Waals surface area contributed by atoms with Gasteiger partial charge in [-0.1, -0.05) is 49.9 Å². The lowest BCUT2D eigenvalue weighted by molar-refractivity contribution is -0.136. The van der Waals surface area contributed by atoms with Crippen LogP contribution in [0.1, 0.15) is 76.7 Å². The molecule has 2 aromatic rings. The Hall–Kier alpha value is -2.84. The van der Waals surface area contributed by atoms with E-state index < -0.39 is 0 Å². The smallest absolute Gasteiger partial charge is 0.319 e. The molecule has 2 aliphatic carbocycles. The van der Waals surface area contributed by atoms with E-state index >= 15 is 0 Å². The van der Waals surface area contributed by atoms with E-state index in [0.717, 1.165) is 56.2 Å². The second-order valence-corrected chi connectivity index (χ2v) is 14.2. The number of rotatable bonds is 9. The quantitative estimate of drug-likeness (QED) is 0.311. The summed E-state index contributed by atoms with van der Waals surface area (Å²) >= 11 is 6.17. The molecule has 0 bridgehead atoms. The molecule has 2 saturated carbocycles. The second kappa shape index (κ2) is 15.6. The first-order valence-corrected chi connectivity index (χ1v) is 17.4. The largest absolute Gasteiger partial charge is 0.382 e. The van der Waals surface area contributed by atoms with E-state index in [2.05, 4.69) is 22.5 Å². The summed E-state index contributed by atoms with van der Waals surface area (Å²) in [5.74, 6) is 0.106. The van der Waals surface area contributed by atoms with E-state index in [4.69, 9.17) is 11.6 Å². The fourth-order valence-corrected chi connectivity index (χ4v) is 7.80. The van der Waals surface area contributed by atoms with Gasteiger partial charge >= 0.3 is 6.03 Å². The van der Waals surface area contributed by atoms with Crippen LogP contribution >= 0.6 is 11.6 Å². The van der Waals surface area contributed by atoms with Crippen LogP contribution in [0, 0.1) is 11.7 Å². The molecule has 5 rings (SSSR count). The Kier molecular flexibility index (Phi) is 11.6. The lowest BCUT2D eigenvalue weighted by Crippen LogP contribution is -2.60. The van der Waals surface area contributed by atoms with Gasteiger partial charge in [-0.25, -0.2) is 9.18 Å². The summed E-state index contributed by atoms with van der Waals surface area (Å²) in [6, 6.07) is 15.1. The average Bonchev–Trinajstić information content (AvgIpc) is 3.04. The zero-order chi connectivity index (χ0) is 31.9. The highest BCUT2D eigenvalue weighted by Crippen LogP contribution is 2.32. The summed E-state index contributed by atoms with van der Waals surface area (Å²) in [6.45, 7) is 3.52. The molecule has 9 heteroatoms. The van der Waals surface area contributed by atoms with E-state index in [9.17, 15) is 14.0 Å². The van der Waals surface area contributed by atoms with Crippen LogP contribution in [-0.4, -0.2) is 84.0 Å². The summed E-state index contributed by atoms with van der Waals surface area (Å²) in [4.78, 5) is 33.6. The van der Waals surface area contributed by atoms with E-state index in [1.165, 1.54) is 31.4 Å². The number of halogens is 2. The molecule has 1 saturated heterocycles. The number of amides is 3.